The number of rotatable bonds is 8. The van der Waals surface area contributed by atoms with Gasteiger partial charge in [0.05, 0.1) is 11.6 Å². The smallest absolute Gasteiger partial charge is 0.317 e. The first kappa shape index (κ1) is 17.7. The molecule has 1 aromatic rings. The lowest BCUT2D eigenvalue weighted by molar-refractivity contribution is -0.139. The fourth-order valence-electron chi connectivity index (χ4n) is 3.08. The van der Waals surface area contributed by atoms with E-state index in [2.05, 4.69) is 4.72 Å². The van der Waals surface area contributed by atoms with E-state index in [4.69, 9.17) is 16.7 Å². The summed E-state index contributed by atoms with van der Waals surface area (Å²) in [6.07, 6.45) is 3.57. The van der Waals surface area contributed by atoms with Crippen molar-refractivity contribution in [3.63, 3.8) is 0 Å². The minimum absolute atomic E-state index is 0.0190. The third-order valence-electron chi connectivity index (χ3n) is 4.61. The van der Waals surface area contributed by atoms with Crippen LogP contribution in [-0.4, -0.2) is 49.6 Å². The van der Waals surface area contributed by atoms with Crippen molar-refractivity contribution in [3.05, 3.63) is 29.3 Å². The Hall–Kier alpha value is -1.15. The molecule has 1 aromatic carbocycles. The molecule has 0 heterocycles. The normalized spacial score (nSPS) is 23.9. The van der Waals surface area contributed by atoms with Gasteiger partial charge in [0.15, 0.2) is 0 Å². The fourth-order valence-corrected chi connectivity index (χ4v) is 4.86. The lowest BCUT2D eigenvalue weighted by Crippen LogP contribution is -2.55. The van der Waals surface area contributed by atoms with Crippen molar-refractivity contribution < 1.29 is 18.3 Å². The molecule has 0 unspecified atom stereocenters. The number of carboxylic acid groups (broad SMARTS) is 1. The number of carboxylic acids is 1. The summed E-state index contributed by atoms with van der Waals surface area (Å²) in [5.41, 5.74) is 0. The van der Waals surface area contributed by atoms with Crippen LogP contribution in [-0.2, 0) is 14.8 Å². The Balaban J connectivity index is 1.57. The lowest BCUT2D eigenvalue weighted by atomic mass is 9.86. The number of carbonyl (C=O) groups is 1. The van der Waals surface area contributed by atoms with Gasteiger partial charge in [-0.1, -0.05) is 23.7 Å². The van der Waals surface area contributed by atoms with Crippen LogP contribution in [0, 0.1) is 5.92 Å². The highest BCUT2D eigenvalue weighted by atomic mass is 35.5. The first-order chi connectivity index (χ1) is 11.3. The second-order valence-electron chi connectivity index (χ2n) is 6.64. The average Bonchev–Trinajstić information content (AvgIpc) is 3.25. The highest BCUT2D eigenvalue weighted by Crippen LogP contribution is 2.34. The van der Waals surface area contributed by atoms with Crippen LogP contribution in [0.25, 0.3) is 0 Å². The maximum Gasteiger partial charge on any atom is 0.317 e. The van der Waals surface area contributed by atoms with E-state index in [-0.39, 0.29) is 28.5 Å². The maximum atomic E-state index is 12.4. The summed E-state index contributed by atoms with van der Waals surface area (Å²) in [6, 6.07) is 6.29. The Morgan fingerprint density at radius 3 is 2.54 bits per heavy atom. The topological polar surface area (TPSA) is 86.7 Å². The Bertz CT molecular complexity index is 715. The molecule has 0 radical (unpaired) electrons. The molecule has 0 aliphatic heterocycles. The van der Waals surface area contributed by atoms with Crippen LogP contribution < -0.4 is 4.72 Å². The Morgan fingerprint density at radius 1 is 1.29 bits per heavy atom. The summed E-state index contributed by atoms with van der Waals surface area (Å²) in [7, 11) is -3.65. The molecular weight excluding hydrogens is 352 g/mol. The molecule has 132 valence electrons. The molecule has 0 saturated heterocycles. The number of sulfonamides is 1. The van der Waals surface area contributed by atoms with Crippen LogP contribution in [0.2, 0.25) is 5.02 Å². The molecule has 24 heavy (non-hydrogen) atoms. The zero-order valence-corrected chi connectivity index (χ0v) is 14.8. The molecule has 2 saturated carbocycles. The summed E-state index contributed by atoms with van der Waals surface area (Å²) in [4.78, 5) is 13.1. The molecule has 0 bridgehead atoms. The molecule has 0 aromatic heterocycles. The van der Waals surface area contributed by atoms with Gasteiger partial charge in [0.2, 0.25) is 10.0 Å². The number of nitrogens with zero attached hydrogens (tertiary/aromatic N) is 1. The van der Waals surface area contributed by atoms with Crippen LogP contribution in [0.15, 0.2) is 29.2 Å². The van der Waals surface area contributed by atoms with Gasteiger partial charge in [0.1, 0.15) is 4.90 Å². The lowest BCUT2D eigenvalue weighted by Gasteiger charge is -2.42. The maximum absolute atomic E-state index is 12.4. The Kier molecular flexibility index (Phi) is 5.15. The van der Waals surface area contributed by atoms with E-state index in [0.717, 1.165) is 19.4 Å². The Labute approximate surface area is 146 Å². The molecule has 0 spiro atoms. The number of hydrogen-bond donors (Lipinski definition) is 2. The van der Waals surface area contributed by atoms with E-state index in [1.165, 1.54) is 6.07 Å². The van der Waals surface area contributed by atoms with Gasteiger partial charge < -0.3 is 5.11 Å². The summed E-state index contributed by atoms with van der Waals surface area (Å²) in [5, 5.41) is 9.25. The summed E-state index contributed by atoms with van der Waals surface area (Å²) in [6.45, 7) is 0.812. The summed E-state index contributed by atoms with van der Waals surface area (Å²) < 4.78 is 27.5. The number of hydrogen-bond acceptors (Lipinski definition) is 4. The predicted molar refractivity (Wildman–Crippen MR) is 90.5 cm³/mol. The average molecular weight is 373 g/mol. The van der Waals surface area contributed by atoms with E-state index < -0.39 is 16.0 Å². The van der Waals surface area contributed by atoms with Crippen LogP contribution in [0.3, 0.4) is 0 Å². The van der Waals surface area contributed by atoms with E-state index >= 15 is 0 Å². The fraction of sp³-hybridized carbons (Fsp3) is 0.562. The molecule has 8 heteroatoms. The van der Waals surface area contributed by atoms with Gasteiger partial charge in [0.25, 0.3) is 0 Å². The quantitative estimate of drug-likeness (QED) is 0.728. The molecule has 2 N–H and O–H groups in total. The zero-order chi connectivity index (χ0) is 17.3. The molecular formula is C16H21ClN2O4S. The number of nitrogens with one attached hydrogen (secondary N) is 1. The predicted octanol–water partition coefficient (Wildman–Crippen LogP) is 1.95. The molecule has 6 nitrogen and oxygen atoms in total. The second kappa shape index (κ2) is 7.00. The number of aliphatic carboxylic acids is 1. The van der Waals surface area contributed by atoms with Crippen molar-refractivity contribution in [2.45, 2.75) is 42.7 Å². The monoisotopic (exact) mass is 372 g/mol. The van der Waals surface area contributed by atoms with Gasteiger partial charge >= 0.3 is 5.97 Å². The molecule has 2 fully saturated rings. The van der Waals surface area contributed by atoms with Crippen LogP contribution in [0.1, 0.15) is 25.7 Å². The summed E-state index contributed by atoms with van der Waals surface area (Å²) in [5.74, 6) is -0.237. The molecule has 2 aliphatic carbocycles. The highest BCUT2D eigenvalue weighted by Gasteiger charge is 2.39. The Morgan fingerprint density at radius 2 is 1.96 bits per heavy atom. The zero-order valence-electron chi connectivity index (χ0n) is 13.2. The van der Waals surface area contributed by atoms with E-state index in [1.807, 2.05) is 4.90 Å². The van der Waals surface area contributed by atoms with Gasteiger partial charge in [0, 0.05) is 18.6 Å². The standard InChI is InChI=1S/C16H21ClN2O4S/c17-14-3-1-2-4-15(14)24(22,23)18-12-7-13(8-12)19(10-16(20)21)9-11-5-6-11/h1-4,11-13,18H,5-10H2,(H,20,21). The van der Waals surface area contributed by atoms with Gasteiger partial charge in [-0.05, 0) is 43.7 Å². The third kappa shape index (κ3) is 4.27. The van der Waals surface area contributed by atoms with Crippen LogP contribution >= 0.6 is 11.6 Å². The largest absolute Gasteiger partial charge is 0.480 e. The van der Waals surface area contributed by atoms with Crippen molar-refractivity contribution in [3.8, 4) is 0 Å². The minimum atomic E-state index is -3.65. The van der Waals surface area contributed by atoms with E-state index in [9.17, 15) is 13.2 Å². The third-order valence-corrected chi connectivity index (χ3v) is 6.63. The van der Waals surface area contributed by atoms with E-state index in [1.54, 1.807) is 18.2 Å². The molecule has 2 aliphatic rings. The van der Waals surface area contributed by atoms with Crippen LogP contribution in [0.4, 0.5) is 0 Å². The number of benzene rings is 1. The highest BCUT2D eigenvalue weighted by molar-refractivity contribution is 7.89. The number of halogens is 1. The van der Waals surface area contributed by atoms with Crippen molar-refractivity contribution in [2.24, 2.45) is 5.92 Å². The SMILES string of the molecule is O=C(O)CN(CC1CC1)C1CC(NS(=O)(=O)c2ccccc2Cl)C1. The van der Waals surface area contributed by atoms with Crippen molar-refractivity contribution in [1.82, 2.24) is 9.62 Å². The van der Waals surface area contributed by atoms with Crippen molar-refractivity contribution >= 4 is 27.6 Å². The molecule has 0 amide bonds. The summed E-state index contributed by atoms with van der Waals surface area (Å²) >= 11 is 5.96. The first-order valence-electron chi connectivity index (χ1n) is 8.08. The first-order valence-corrected chi connectivity index (χ1v) is 9.94. The minimum Gasteiger partial charge on any atom is -0.480 e. The van der Waals surface area contributed by atoms with Gasteiger partial charge in [-0.3, -0.25) is 9.69 Å². The van der Waals surface area contributed by atoms with Crippen molar-refractivity contribution in [2.75, 3.05) is 13.1 Å². The second-order valence-corrected chi connectivity index (χ2v) is 8.73. The van der Waals surface area contributed by atoms with Gasteiger partial charge in [-0.25, -0.2) is 13.1 Å². The van der Waals surface area contributed by atoms with Gasteiger partial charge in [-0.15, -0.1) is 0 Å². The van der Waals surface area contributed by atoms with Gasteiger partial charge in [-0.2, -0.15) is 0 Å². The van der Waals surface area contributed by atoms with Crippen LogP contribution in [0.5, 0.6) is 0 Å². The molecule has 3 rings (SSSR count). The van der Waals surface area contributed by atoms with E-state index in [0.29, 0.717) is 18.8 Å². The molecule has 0 atom stereocenters. The van der Waals surface area contributed by atoms with Crippen molar-refractivity contribution in [1.29, 1.82) is 0 Å².